The van der Waals surface area contributed by atoms with Crippen molar-refractivity contribution in [1.29, 1.82) is 0 Å². The van der Waals surface area contributed by atoms with Crippen LogP contribution in [0.2, 0.25) is 0 Å². The fourth-order valence-corrected chi connectivity index (χ4v) is 2.78. The molecule has 0 spiro atoms. The first-order chi connectivity index (χ1) is 8.24. The Bertz CT molecular complexity index is 425. The van der Waals surface area contributed by atoms with E-state index in [1.54, 1.807) is 0 Å². The summed E-state index contributed by atoms with van der Waals surface area (Å²) in [6, 6.07) is 5.02. The Morgan fingerprint density at radius 2 is 1.88 bits per heavy atom. The average Bonchev–Trinajstić information content (AvgIpc) is 2.35. The van der Waals surface area contributed by atoms with Crippen molar-refractivity contribution < 1.29 is 4.74 Å². The highest BCUT2D eigenvalue weighted by molar-refractivity contribution is 5.62. The second kappa shape index (κ2) is 4.25. The van der Waals surface area contributed by atoms with Crippen LogP contribution in [-0.4, -0.2) is 12.6 Å². The summed E-state index contributed by atoms with van der Waals surface area (Å²) in [6.45, 7) is 5.28. The van der Waals surface area contributed by atoms with Crippen LogP contribution in [0.1, 0.15) is 37.8 Å². The minimum atomic E-state index is 0.448. The van der Waals surface area contributed by atoms with E-state index in [4.69, 9.17) is 4.74 Å². The molecule has 0 aromatic heterocycles. The van der Waals surface area contributed by atoms with E-state index in [1.165, 1.54) is 42.5 Å². The van der Waals surface area contributed by atoms with Crippen molar-refractivity contribution >= 4 is 5.69 Å². The smallest absolute Gasteiger partial charge is 0.142 e. The molecule has 1 aromatic carbocycles. The van der Waals surface area contributed by atoms with Gasteiger partial charge in [0.1, 0.15) is 12.4 Å². The van der Waals surface area contributed by atoms with E-state index in [0.717, 1.165) is 12.4 Å². The Balaban J connectivity index is 1.92. The Morgan fingerprint density at radius 1 is 1.18 bits per heavy atom. The van der Waals surface area contributed by atoms with E-state index >= 15 is 0 Å². The van der Waals surface area contributed by atoms with Crippen molar-refractivity contribution in [1.82, 2.24) is 0 Å². The first-order valence-corrected chi connectivity index (χ1v) is 6.79. The van der Waals surface area contributed by atoms with Crippen LogP contribution in [0.25, 0.3) is 0 Å². The lowest BCUT2D eigenvalue weighted by Gasteiger charge is -2.31. The lowest BCUT2D eigenvalue weighted by molar-refractivity contribution is 0.257. The van der Waals surface area contributed by atoms with Gasteiger partial charge in [-0.05, 0) is 54.9 Å². The summed E-state index contributed by atoms with van der Waals surface area (Å²) in [5.74, 6) is 1.67. The second-order valence-corrected chi connectivity index (χ2v) is 5.63. The molecular weight excluding hydrogens is 210 g/mol. The van der Waals surface area contributed by atoms with Crippen molar-refractivity contribution in [3.63, 3.8) is 0 Å². The highest BCUT2D eigenvalue weighted by Crippen LogP contribution is 2.36. The van der Waals surface area contributed by atoms with Gasteiger partial charge < -0.3 is 10.1 Å². The summed E-state index contributed by atoms with van der Waals surface area (Å²) in [6.07, 6.45) is 5.12. The van der Waals surface area contributed by atoms with Crippen molar-refractivity contribution in [2.75, 3.05) is 11.9 Å². The van der Waals surface area contributed by atoms with Gasteiger partial charge in [-0.2, -0.15) is 0 Å². The number of fused-ring (bicyclic) bond motifs is 2. The summed E-state index contributed by atoms with van der Waals surface area (Å²) in [5.41, 5.74) is 4.23. The molecule has 1 unspecified atom stereocenters. The average molecular weight is 231 g/mol. The van der Waals surface area contributed by atoms with E-state index < -0.39 is 0 Å². The highest BCUT2D eigenvalue weighted by atomic mass is 16.5. The lowest BCUT2D eigenvalue weighted by atomic mass is 9.90. The van der Waals surface area contributed by atoms with Gasteiger partial charge in [-0.3, -0.25) is 0 Å². The fourth-order valence-electron chi connectivity index (χ4n) is 2.78. The molecular formula is C15H21NO. The Labute approximate surface area is 103 Å². The predicted molar refractivity (Wildman–Crippen MR) is 70.8 cm³/mol. The van der Waals surface area contributed by atoms with Crippen LogP contribution >= 0.6 is 0 Å². The summed E-state index contributed by atoms with van der Waals surface area (Å²) < 4.78 is 5.90. The highest BCUT2D eigenvalue weighted by Gasteiger charge is 2.23. The molecule has 2 heteroatoms. The molecule has 0 bridgehead atoms. The van der Waals surface area contributed by atoms with Gasteiger partial charge in [0, 0.05) is 0 Å². The first kappa shape index (κ1) is 10.9. The monoisotopic (exact) mass is 231 g/mol. The number of nitrogens with one attached hydrogen (secondary N) is 1. The van der Waals surface area contributed by atoms with E-state index in [0.29, 0.717) is 12.0 Å². The molecule has 2 aliphatic rings. The van der Waals surface area contributed by atoms with Crippen LogP contribution in [0.15, 0.2) is 12.1 Å². The minimum absolute atomic E-state index is 0.448. The van der Waals surface area contributed by atoms with Crippen molar-refractivity contribution in [2.45, 2.75) is 45.6 Å². The van der Waals surface area contributed by atoms with Crippen molar-refractivity contribution in [2.24, 2.45) is 5.92 Å². The van der Waals surface area contributed by atoms with Crippen LogP contribution in [0, 0.1) is 5.92 Å². The van der Waals surface area contributed by atoms with Crippen LogP contribution < -0.4 is 10.1 Å². The molecule has 1 aromatic rings. The number of anilines is 1. The molecule has 0 radical (unpaired) electrons. The van der Waals surface area contributed by atoms with Gasteiger partial charge in [-0.1, -0.05) is 13.8 Å². The number of rotatable bonds is 1. The molecule has 1 aliphatic carbocycles. The Kier molecular flexibility index (Phi) is 2.73. The van der Waals surface area contributed by atoms with Gasteiger partial charge in [-0.25, -0.2) is 0 Å². The second-order valence-electron chi connectivity index (χ2n) is 5.63. The van der Waals surface area contributed by atoms with Gasteiger partial charge in [0.05, 0.1) is 11.7 Å². The SMILES string of the molecule is CC(C)C1COc2cc3c(cc2N1)CCCC3. The van der Waals surface area contributed by atoms with Crippen LogP contribution in [0.5, 0.6) is 5.75 Å². The molecule has 92 valence electrons. The molecule has 1 N–H and O–H groups in total. The first-order valence-electron chi connectivity index (χ1n) is 6.79. The number of aryl methyl sites for hydroxylation is 2. The van der Waals surface area contributed by atoms with E-state index in [1.807, 2.05) is 0 Å². The maximum absolute atomic E-state index is 5.90. The zero-order chi connectivity index (χ0) is 11.8. The molecule has 0 saturated heterocycles. The molecule has 0 amide bonds. The van der Waals surface area contributed by atoms with E-state index in [9.17, 15) is 0 Å². The third-order valence-electron chi connectivity index (χ3n) is 4.01. The predicted octanol–water partition coefficient (Wildman–Crippen LogP) is 3.39. The molecule has 17 heavy (non-hydrogen) atoms. The van der Waals surface area contributed by atoms with Gasteiger partial charge in [-0.15, -0.1) is 0 Å². The van der Waals surface area contributed by atoms with E-state index in [-0.39, 0.29) is 0 Å². The molecule has 1 atom stereocenters. The van der Waals surface area contributed by atoms with Gasteiger partial charge >= 0.3 is 0 Å². The Morgan fingerprint density at radius 3 is 2.59 bits per heavy atom. The fraction of sp³-hybridized carbons (Fsp3) is 0.600. The molecule has 2 nitrogen and oxygen atoms in total. The number of hydrogen-bond donors (Lipinski definition) is 1. The molecule has 1 heterocycles. The van der Waals surface area contributed by atoms with Crippen molar-refractivity contribution in [3.05, 3.63) is 23.3 Å². The molecule has 0 fully saturated rings. The largest absolute Gasteiger partial charge is 0.489 e. The summed E-state index contributed by atoms with van der Waals surface area (Å²) in [4.78, 5) is 0. The number of benzene rings is 1. The molecule has 0 saturated carbocycles. The minimum Gasteiger partial charge on any atom is -0.489 e. The standard InChI is InChI=1S/C15H21NO/c1-10(2)14-9-17-15-8-12-6-4-3-5-11(12)7-13(15)16-14/h7-8,10,14,16H,3-6,9H2,1-2H3. The van der Waals surface area contributed by atoms with Gasteiger partial charge in [0.15, 0.2) is 0 Å². The van der Waals surface area contributed by atoms with Crippen LogP contribution in [0.3, 0.4) is 0 Å². The molecule has 1 aliphatic heterocycles. The zero-order valence-corrected chi connectivity index (χ0v) is 10.8. The number of ether oxygens (including phenoxy) is 1. The summed E-state index contributed by atoms with van der Waals surface area (Å²) in [5, 5.41) is 3.62. The van der Waals surface area contributed by atoms with Gasteiger partial charge in [0.25, 0.3) is 0 Å². The van der Waals surface area contributed by atoms with E-state index in [2.05, 4.69) is 31.3 Å². The lowest BCUT2D eigenvalue weighted by Crippen LogP contribution is -2.35. The quantitative estimate of drug-likeness (QED) is 0.800. The van der Waals surface area contributed by atoms with Crippen molar-refractivity contribution in [3.8, 4) is 5.75 Å². The summed E-state index contributed by atoms with van der Waals surface area (Å²) in [7, 11) is 0. The van der Waals surface area contributed by atoms with Crippen LogP contribution in [0.4, 0.5) is 5.69 Å². The topological polar surface area (TPSA) is 21.3 Å². The normalized spacial score (nSPS) is 22.4. The third kappa shape index (κ3) is 2.01. The molecule has 3 rings (SSSR count). The zero-order valence-electron chi connectivity index (χ0n) is 10.8. The van der Waals surface area contributed by atoms with Crippen LogP contribution in [-0.2, 0) is 12.8 Å². The number of hydrogen-bond acceptors (Lipinski definition) is 2. The maximum atomic E-state index is 5.90. The summed E-state index contributed by atoms with van der Waals surface area (Å²) >= 11 is 0. The third-order valence-corrected chi connectivity index (χ3v) is 4.01. The maximum Gasteiger partial charge on any atom is 0.142 e. The van der Waals surface area contributed by atoms with Gasteiger partial charge in [0.2, 0.25) is 0 Å². The Hall–Kier alpha value is -1.18.